The lowest BCUT2D eigenvalue weighted by molar-refractivity contribution is -0.139. The van der Waals surface area contributed by atoms with Crippen LogP contribution in [-0.4, -0.2) is 5.97 Å². The Hall–Kier alpha value is -0.830. The third-order valence-electron chi connectivity index (χ3n) is 2.95. The van der Waals surface area contributed by atoms with Crippen LogP contribution in [0.4, 0.5) is 0 Å². The van der Waals surface area contributed by atoms with Gasteiger partial charge in [0.2, 0.25) is 0 Å². The van der Waals surface area contributed by atoms with E-state index in [0.29, 0.717) is 5.75 Å². The number of hydrogen-bond acceptors (Lipinski definition) is 3. The Morgan fingerprint density at radius 3 is 2.76 bits per heavy atom. The van der Waals surface area contributed by atoms with Gasteiger partial charge >= 0.3 is 5.97 Å². The molecule has 17 heavy (non-hydrogen) atoms. The second-order valence-electron chi connectivity index (χ2n) is 4.33. The van der Waals surface area contributed by atoms with Gasteiger partial charge in [-0.1, -0.05) is 39.5 Å². The zero-order valence-electron chi connectivity index (χ0n) is 10.8. The number of esters is 1. The van der Waals surface area contributed by atoms with Gasteiger partial charge in [0, 0.05) is 5.38 Å². The van der Waals surface area contributed by atoms with E-state index < -0.39 is 0 Å². The van der Waals surface area contributed by atoms with E-state index in [0.717, 1.165) is 19.3 Å². The standard InChI is InChI=1S/C14H22O2S/c1-3-5-6-7-8-12(4-2)14(15)16-13-9-10-17-11-13/h9-12H,3-8H2,1-2H3. The number of hydrogen-bond donors (Lipinski definition) is 0. The van der Waals surface area contributed by atoms with E-state index in [1.807, 2.05) is 16.8 Å². The highest BCUT2D eigenvalue weighted by molar-refractivity contribution is 7.08. The molecular weight excluding hydrogens is 232 g/mol. The molecule has 0 bridgehead atoms. The molecule has 0 aliphatic carbocycles. The van der Waals surface area contributed by atoms with Crippen molar-refractivity contribution in [2.75, 3.05) is 0 Å². The maximum Gasteiger partial charge on any atom is 0.314 e. The third kappa shape index (κ3) is 5.35. The van der Waals surface area contributed by atoms with Crippen molar-refractivity contribution in [3.8, 4) is 5.75 Å². The topological polar surface area (TPSA) is 26.3 Å². The molecule has 1 aromatic heterocycles. The van der Waals surface area contributed by atoms with Gasteiger partial charge in [-0.2, -0.15) is 0 Å². The molecule has 1 rings (SSSR count). The van der Waals surface area contributed by atoms with E-state index in [9.17, 15) is 4.79 Å². The Bertz CT molecular complexity index is 306. The fourth-order valence-corrected chi connectivity index (χ4v) is 2.37. The molecule has 0 spiro atoms. The van der Waals surface area contributed by atoms with E-state index in [4.69, 9.17) is 4.74 Å². The SMILES string of the molecule is CCCCCCC(CC)C(=O)Oc1ccsc1. The van der Waals surface area contributed by atoms with Crippen LogP contribution in [0.5, 0.6) is 5.75 Å². The quantitative estimate of drug-likeness (QED) is 0.498. The number of carbonyl (C=O) groups excluding carboxylic acids is 1. The Morgan fingerprint density at radius 1 is 1.35 bits per heavy atom. The molecule has 0 aliphatic rings. The summed E-state index contributed by atoms with van der Waals surface area (Å²) in [6, 6.07) is 1.84. The summed E-state index contributed by atoms with van der Waals surface area (Å²) in [6.45, 7) is 4.25. The second kappa shape index (κ2) is 8.29. The summed E-state index contributed by atoms with van der Waals surface area (Å²) in [6.07, 6.45) is 6.67. The largest absolute Gasteiger partial charge is 0.425 e. The molecule has 0 radical (unpaired) electrons. The first-order valence-electron chi connectivity index (χ1n) is 6.51. The van der Waals surface area contributed by atoms with Gasteiger partial charge in [0.1, 0.15) is 5.75 Å². The zero-order chi connectivity index (χ0) is 12.5. The summed E-state index contributed by atoms with van der Waals surface area (Å²) in [5, 5.41) is 3.78. The number of carbonyl (C=O) groups is 1. The Balaban J connectivity index is 2.31. The van der Waals surface area contributed by atoms with Crippen molar-refractivity contribution in [3.05, 3.63) is 16.8 Å². The van der Waals surface area contributed by atoms with E-state index >= 15 is 0 Å². The van der Waals surface area contributed by atoms with Gasteiger partial charge in [0.15, 0.2) is 0 Å². The lowest BCUT2D eigenvalue weighted by Crippen LogP contribution is -2.19. The third-order valence-corrected chi connectivity index (χ3v) is 3.61. The fourth-order valence-electron chi connectivity index (χ4n) is 1.82. The van der Waals surface area contributed by atoms with Crippen molar-refractivity contribution in [1.29, 1.82) is 0 Å². The lowest BCUT2D eigenvalue weighted by Gasteiger charge is -2.12. The molecule has 1 aromatic rings. The van der Waals surface area contributed by atoms with Crippen LogP contribution in [0.15, 0.2) is 16.8 Å². The minimum absolute atomic E-state index is 0.0618. The van der Waals surface area contributed by atoms with Crippen molar-refractivity contribution in [2.45, 2.75) is 52.4 Å². The normalized spacial score (nSPS) is 12.4. The molecule has 96 valence electrons. The van der Waals surface area contributed by atoms with Crippen LogP contribution in [0.25, 0.3) is 0 Å². The highest BCUT2D eigenvalue weighted by Gasteiger charge is 2.18. The highest BCUT2D eigenvalue weighted by Crippen LogP contribution is 2.20. The molecule has 0 aromatic carbocycles. The smallest absolute Gasteiger partial charge is 0.314 e. The molecule has 0 fully saturated rings. The highest BCUT2D eigenvalue weighted by atomic mass is 32.1. The summed E-state index contributed by atoms with van der Waals surface area (Å²) in [7, 11) is 0. The molecule has 3 heteroatoms. The molecule has 0 N–H and O–H groups in total. The summed E-state index contributed by atoms with van der Waals surface area (Å²) >= 11 is 1.55. The predicted molar refractivity (Wildman–Crippen MR) is 72.5 cm³/mol. The van der Waals surface area contributed by atoms with Crippen LogP contribution in [0.1, 0.15) is 52.4 Å². The maximum atomic E-state index is 11.9. The molecule has 0 aliphatic heterocycles. The van der Waals surface area contributed by atoms with Crippen LogP contribution in [0.2, 0.25) is 0 Å². The van der Waals surface area contributed by atoms with Gasteiger partial charge in [-0.3, -0.25) is 4.79 Å². The van der Waals surface area contributed by atoms with Gasteiger partial charge in [0.25, 0.3) is 0 Å². The average Bonchev–Trinajstić information content (AvgIpc) is 2.82. The number of thiophene rings is 1. The number of ether oxygens (including phenoxy) is 1. The van der Waals surface area contributed by atoms with Crippen LogP contribution in [0, 0.1) is 5.92 Å². The van der Waals surface area contributed by atoms with E-state index in [1.54, 1.807) is 11.3 Å². The monoisotopic (exact) mass is 254 g/mol. The number of unbranched alkanes of at least 4 members (excludes halogenated alkanes) is 3. The molecular formula is C14H22O2S. The van der Waals surface area contributed by atoms with Gasteiger partial charge in [0.05, 0.1) is 5.92 Å². The minimum atomic E-state index is -0.0672. The van der Waals surface area contributed by atoms with Crippen molar-refractivity contribution in [1.82, 2.24) is 0 Å². The summed E-state index contributed by atoms with van der Waals surface area (Å²) in [4.78, 5) is 11.9. The first-order chi connectivity index (χ1) is 8.27. The molecule has 0 amide bonds. The van der Waals surface area contributed by atoms with Crippen molar-refractivity contribution in [2.24, 2.45) is 5.92 Å². The maximum absolute atomic E-state index is 11.9. The summed E-state index contributed by atoms with van der Waals surface area (Å²) in [5.74, 6) is 0.682. The van der Waals surface area contributed by atoms with Crippen LogP contribution >= 0.6 is 11.3 Å². The Kier molecular flexibility index (Phi) is 6.94. The molecule has 1 heterocycles. The summed E-state index contributed by atoms with van der Waals surface area (Å²) < 4.78 is 5.34. The van der Waals surface area contributed by atoms with Gasteiger partial charge in [-0.05, 0) is 24.3 Å². The predicted octanol–water partition coefficient (Wildman–Crippen LogP) is 4.65. The number of rotatable bonds is 8. The van der Waals surface area contributed by atoms with Crippen molar-refractivity contribution >= 4 is 17.3 Å². The Labute approximate surface area is 108 Å². The molecule has 2 nitrogen and oxygen atoms in total. The zero-order valence-corrected chi connectivity index (χ0v) is 11.6. The minimum Gasteiger partial charge on any atom is -0.425 e. The molecule has 0 saturated heterocycles. The van der Waals surface area contributed by atoms with E-state index in [2.05, 4.69) is 13.8 Å². The second-order valence-corrected chi connectivity index (χ2v) is 5.11. The van der Waals surface area contributed by atoms with Crippen molar-refractivity contribution in [3.63, 3.8) is 0 Å². The first-order valence-corrected chi connectivity index (χ1v) is 7.46. The fraction of sp³-hybridized carbons (Fsp3) is 0.643. The first kappa shape index (κ1) is 14.2. The molecule has 1 atom stereocenters. The molecule has 0 saturated carbocycles. The summed E-state index contributed by atoms with van der Waals surface area (Å²) in [5.41, 5.74) is 0. The van der Waals surface area contributed by atoms with Crippen molar-refractivity contribution < 1.29 is 9.53 Å². The van der Waals surface area contributed by atoms with Crippen LogP contribution < -0.4 is 4.74 Å². The van der Waals surface area contributed by atoms with Gasteiger partial charge in [-0.15, -0.1) is 11.3 Å². The lowest BCUT2D eigenvalue weighted by atomic mass is 9.98. The van der Waals surface area contributed by atoms with E-state index in [-0.39, 0.29) is 11.9 Å². The molecule has 1 unspecified atom stereocenters. The van der Waals surface area contributed by atoms with Gasteiger partial charge in [-0.25, -0.2) is 0 Å². The Morgan fingerprint density at radius 2 is 2.18 bits per heavy atom. The average molecular weight is 254 g/mol. The van der Waals surface area contributed by atoms with E-state index in [1.165, 1.54) is 19.3 Å². The van der Waals surface area contributed by atoms with Crippen LogP contribution in [-0.2, 0) is 4.79 Å². The van der Waals surface area contributed by atoms with Crippen LogP contribution in [0.3, 0.4) is 0 Å². The van der Waals surface area contributed by atoms with Gasteiger partial charge < -0.3 is 4.74 Å².